The second-order valence-corrected chi connectivity index (χ2v) is 7.12. The standard InChI is InChI=1S/C21H18N4OS/c22-25-21-24-17-12-11-16(13-18(17)27-21)23-20(26)19(14-7-3-1-4-8-14)15-9-5-2-6-10-15/h1-13,19H,22H2,(H,23,26)(H,24,25). The number of nitrogens with one attached hydrogen (secondary N) is 2. The number of aromatic nitrogens is 1. The maximum Gasteiger partial charge on any atom is 0.236 e. The normalized spacial score (nSPS) is 10.9. The molecule has 1 aromatic heterocycles. The number of benzene rings is 3. The molecule has 0 bridgehead atoms. The van der Waals surface area contributed by atoms with Crippen LogP contribution in [0.2, 0.25) is 0 Å². The first-order chi connectivity index (χ1) is 13.2. The monoisotopic (exact) mass is 374 g/mol. The van der Waals surface area contributed by atoms with E-state index in [1.807, 2.05) is 78.9 Å². The summed E-state index contributed by atoms with van der Waals surface area (Å²) in [4.78, 5) is 17.5. The van der Waals surface area contributed by atoms with Gasteiger partial charge in [-0.3, -0.25) is 10.2 Å². The zero-order valence-corrected chi connectivity index (χ0v) is 15.2. The van der Waals surface area contributed by atoms with Gasteiger partial charge in [0, 0.05) is 5.69 Å². The van der Waals surface area contributed by atoms with E-state index in [0.29, 0.717) is 5.13 Å². The highest BCUT2D eigenvalue weighted by molar-refractivity contribution is 7.22. The number of amides is 1. The molecular formula is C21H18N4OS. The van der Waals surface area contributed by atoms with Crippen LogP contribution in [0.15, 0.2) is 78.9 Å². The van der Waals surface area contributed by atoms with Crippen LogP contribution in [0.5, 0.6) is 0 Å². The van der Waals surface area contributed by atoms with Crippen LogP contribution in [0.25, 0.3) is 10.2 Å². The Kier molecular flexibility index (Phi) is 4.82. The van der Waals surface area contributed by atoms with Crippen molar-refractivity contribution in [2.75, 3.05) is 10.7 Å². The average Bonchev–Trinajstić information content (AvgIpc) is 3.12. The predicted octanol–water partition coefficient (Wildman–Crippen LogP) is 4.35. The summed E-state index contributed by atoms with van der Waals surface area (Å²) in [5, 5.41) is 3.69. The van der Waals surface area contributed by atoms with Crippen LogP contribution < -0.4 is 16.6 Å². The van der Waals surface area contributed by atoms with Gasteiger partial charge in [-0.25, -0.2) is 10.8 Å². The molecule has 0 spiro atoms. The molecule has 0 aliphatic carbocycles. The van der Waals surface area contributed by atoms with E-state index in [9.17, 15) is 4.79 Å². The fourth-order valence-electron chi connectivity index (χ4n) is 3.06. The maximum atomic E-state index is 13.2. The van der Waals surface area contributed by atoms with Gasteiger partial charge in [-0.2, -0.15) is 0 Å². The maximum absolute atomic E-state index is 13.2. The SMILES string of the molecule is NNc1nc2ccc(NC(=O)C(c3ccccc3)c3ccccc3)cc2s1. The fraction of sp³-hybridized carbons (Fsp3) is 0.0476. The number of hydrogen-bond acceptors (Lipinski definition) is 5. The van der Waals surface area contributed by atoms with Crippen molar-refractivity contribution in [1.82, 2.24) is 4.98 Å². The van der Waals surface area contributed by atoms with Crippen LogP contribution in [0.4, 0.5) is 10.8 Å². The van der Waals surface area contributed by atoms with E-state index >= 15 is 0 Å². The Morgan fingerprint density at radius 2 is 1.56 bits per heavy atom. The zero-order chi connectivity index (χ0) is 18.6. The minimum atomic E-state index is -0.383. The van der Waals surface area contributed by atoms with E-state index < -0.39 is 0 Å². The molecule has 27 heavy (non-hydrogen) atoms. The van der Waals surface area contributed by atoms with Crippen LogP contribution in [0.1, 0.15) is 17.0 Å². The average molecular weight is 374 g/mol. The van der Waals surface area contributed by atoms with Crippen molar-refractivity contribution < 1.29 is 4.79 Å². The lowest BCUT2D eigenvalue weighted by atomic mass is 9.90. The lowest BCUT2D eigenvalue weighted by Gasteiger charge is -2.18. The summed E-state index contributed by atoms with van der Waals surface area (Å²) in [6, 6.07) is 25.2. The van der Waals surface area contributed by atoms with Gasteiger partial charge in [0.15, 0.2) is 5.13 Å². The van der Waals surface area contributed by atoms with Crippen molar-refractivity contribution in [3.8, 4) is 0 Å². The van der Waals surface area contributed by atoms with Crippen LogP contribution >= 0.6 is 11.3 Å². The molecule has 0 radical (unpaired) electrons. The van der Waals surface area contributed by atoms with Gasteiger partial charge < -0.3 is 5.32 Å². The van der Waals surface area contributed by atoms with Crippen molar-refractivity contribution >= 4 is 38.3 Å². The minimum absolute atomic E-state index is 0.0755. The van der Waals surface area contributed by atoms with Gasteiger partial charge >= 0.3 is 0 Å². The highest BCUT2D eigenvalue weighted by Gasteiger charge is 2.22. The third kappa shape index (κ3) is 3.67. The molecule has 5 nitrogen and oxygen atoms in total. The molecule has 134 valence electrons. The van der Waals surface area contributed by atoms with Crippen LogP contribution in [-0.4, -0.2) is 10.9 Å². The van der Waals surface area contributed by atoms with Gasteiger partial charge in [0.05, 0.1) is 16.1 Å². The summed E-state index contributed by atoms with van der Waals surface area (Å²) in [5.74, 6) is 4.97. The Morgan fingerprint density at radius 1 is 0.926 bits per heavy atom. The smallest absolute Gasteiger partial charge is 0.236 e. The Hall–Kier alpha value is -3.22. The van der Waals surface area contributed by atoms with E-state index in [1.165, 1.54) is 11.3 Å². The number of nitrogens with two attached hydrogens (primary N) is 1. The van der Waals surface area contributed by atoms with E-state index in [4.69, 9.17) is 5.84 Å². The number of hydrazine groups is 1. The molecule has 0 saturated heterocycles. The molecule has 3 aromatic carbocycles. The van der Waals surface area contributed by atoms with E-state index in [1.54, 1.807) is 0 Å². The number of thiazole rings is 1. The molecule has 4 aromatic rings. The molecule has 6 heteroatoms. The predicted molar refractivity (Wildman–Crippen MR) is 111 cm³/mol. The Morgan fingerprint density at radius 3 is 2.15 bits per heavy atom. The Labute approximate surface area is 160 Å². The second kappa shape index (κ2) is 7.57. The van der Waals surface area contributed by atoms with E-state index in [2.05, 4.69) is 15.7 Å². The fourth-order valence-corrected chi connectivity index (χ4v) is 3.88. The summed E-state index contributed by atoms with van der Waals surface area (Å²) in [6.07, 6.45) is 0. The largest absolute Gasteiger partial charge is 0.325 e. The van der Waals surface area contributed by atoms with Crippen LogP contribution in [-0.2, 0) is 4.79 Å². The first-order valence-electron chi connectivity index (χ1n) is 8.52. The molecule has 0 unspecified atom stereocenters. The summed E-state index contributed by atoms with van der Waals surface area (Å²) < 4.78 is 0.955. The number of hydrogen-bond donors (Lipinski definition) is 3. The number of fused-ring (bicyclic) bond motifs is 1. The van der Waals surface area contributed by atoms with Crippen molar-refractivity contribution in [2.45, 2.75) is 5.92 Å². The van der Waals surface area contributed by atoms with Crippen LogP contribution in [0, 0.1) is 0 Å². The van der Waals surface area contributed by atoms with Gasteiger partial charge in [0.2, 0.25) is 5.91 Å². The summed E-state index contributed by atoms with van der Waals surface area (Å²) in [7, 11) is 0. The second-order valence-electron chi connectivity index (χ2n) is 6.09. The van der Waals surface area contributed by atoms with Gasteiger partial charge in [0.1, 0.15) is 0 Å². The van der Waals surface area contributed by atoms with Crippen molar-refractivity contribution in [3.05, 3.63) is 90.0 Å². The highest BCUT2D eigenvalue weighted by atomic mass is 32.1. The molecular weight excluding hydrogens is 356 g/mol. The summed E-state index contributed by atoms with van der Waals surface area (Å²) in [5.41, 5.74) is 6.04. The van der Waals surface area contributed by atoms with Crippen molar-refractivity contribution in [2.24, 2.45) is 5.84 Å². The van der Waals surface area contributed by atoms with Gasteiger partial charge in [0.25, 0.3) is 0 Å². The number of anilines is 2. The topological polar surface area (TPSA) is 80.0 Å². The van der Waals surface area contributed by atoms with Gasteiger partial charge in [-0.05, 0) is 29.3 Å². The number of nitrogen functional groups attached to an aromatic ring is 1. The number of carbonyl (C=O) groups excluding carboxylic acids is 1. The summed E-state index contributed by atoms with van der Waals surface area (Å²) >= 11 is 1.44. The van der Waals surface area contributed by atoms with Gasteiger partial charge in [-0.1, -0.05) is 72.0 Å². The number of carbonyl (C=O) groups is 1. The Bertz CT molecular complexity index is 1020. The zero-order valence-electron chi connectivity index (χ0n) is 14.4. The molecule has 0 fully saturated rings. The lowest BCUT2D eigenvalue weighted by molar-refractivity contribution is -0.116. The van der Waals surface area contributed by atoms with Gasteiger partial charge in [-0.15, -0.1) is 0 Å². The molecule has 4 rings (SSSR count). The van der Waals surface area contributed by atoms with Crippen LogP contribution in [0.3, 0.4) is 0 Å². The third-order valence-corrected chi connectivity index (χ3v) is 5.26. The quantitative estimate of drug-likeness (QED) is 0.358. The number of nitrogens with zero attached hydrogens (tertiary/aromatic N) is 1. The first kappa shape index (κ1) is 17.2. The molecule has 4 N–H and O–H groups in total. The molecule has 1 amide bonds. The minimum Gasteiger partial charge on any atom is -0.325 e. The highest BCUT2D eigenvalue weighted by Crippen LogP contribution is 2.30. The lowest BCUT2D eigenvalue weighted by Crippen LogP contribution is -2.22. The Balaban J connectivity index is 1.66. The van der Waals surface area contributed by atoms with E-state index in [-0.39, 0.29) is 11.8 Å². The van der Waals surface area contributed by atoms with Crippen molar-refractivity contribution in [1.29, 1.82) is 0 Å². The first-order valence-corrected chi connectivity index (χ1v) is 9.34. The molecule has 0 saturated carbocycles. The molecule has 0 aliphatic heterocycles. The molecule has 0 atom stereocenters. The van der Waals surface area contributed by atoms with Crippen molar-refractivity contribution in [3.63, 3.8) is 0 Å². The third-order valence-electron chi connectivity index (χ3n) is 4.31. The molecule has 1 heterocycles. The number of rotatable bonds is 5. The molecule has 0 aliphatic rings. The summed E-state index contributed by atoms with van der Waals surface area (Å²) in [6.45, 7) is 0. The van der Waals surface area contributed by atoms with E-state index in [0.717, 1.165) is 27.0 Å².